The average Bonchev–Trinajstić information content (AvgIpc) is 3.17. The molecule has 0 unspecified atom stereocenters. The van der Waals surface area contributed by atoms with Crippen LogP contribution in [0.3, 0.4) is 0 Å². The zero-order valence-corrected chi connectivity index (χ0v) is 13.0. The predicted molar refractivity (Wildman–Crippen MR) is 80.8 cm³/mol. The molecule has 0 spiro atoms. The molecule has 2 aromatic heterocycles. The van der Waals surface area contributed by atoms with E-state index < -0.39 is 0 Å². The fourth-order valence-corrected chi connectivity index (χ4v) is 2.94. The summed E-state index contributed by atoms with van der Waals surface area (Å²) < 4.78 is 5.57. The lowest BCUT2D eigenvalue weighted by atomic mass is 10.0. The van der Waals surface area contributed by atoms with E-state index in [9.17, 15) is 5.26 Å². The Morgan fingerprint density at radius 2 is 2.27 bits per heavy atom. The number of rotatable bonds is 3. The Morgan fingerprint density at radius 3 is 2.91 bits per heavy atom. The third kappa shape index (κ3) is 2.40. The lowest BCUT2D eigenvalue weighted by Crippen LogP contribution is -2.24. The molecular formula is C14H15ClN6O. The van der Waals surface area contributed by atoms with E-state index in [1.165, 1.54) is 0 Å². The van der Waals surface area contributed by atoms with E-state index in [1.54, 1.807) is 19.5 Å². The fraction of sp³-hybridized carbons (Fsp3) is 0.429. The minimum Gasteiger partial charge on any atom is -0.379 e. The van der Waals surface area contributed by atoms with Gasteiger partial charge in [0.2, 0.25) is 0 Å². The standard InChI is InChI=1S/C14H15ClN6O/c1-8-9(3-16)14(17-4-11(8)15)21-6-10(13(7-21)22-2)12-5-18-20-19-12/h4-5,10,13H,6-7H2,1-2H3,(H,18,19,20)/t10-,13+/m0/s1. The lowest BCUT2D eigenvalue weighted by Gasteiger charge is -2.19. The van der Waals surface area contributed by atoms with E-state index in [-0.39, 0.29) is 12.0 Å². The van der Waals surface area contributed by atoms with Gasteiger partial charge in [-0.15, -0.1) is 0 Å². The Morgan fingerprint density at radius 1 is 1.45 bits per heavy atom. The summed E-state index contributed by atoms with van der Waals surface area (Å²) in [4.78, 5) is 6.39. The summed E-state index contributed by atoms with van der Waals surface area (Å²) in [5.74, 6) is 0.713. The van der Waals surface area contributed by atoms with Crippen molar-refractivity contribution in [1.29, 1.82) is 5.26 Å². The highest BCUT2D eigenvalue weighted by atomic mass is 35.5. The Balaban J connectivity index is 1.95. The van der Waals surface area contributed by atoms with Crippen LogP contribution in [-0.4, -0.2) is 46.7 Å². The van der Waals surface area contributed by atoms with Crippen molar-refractivity contribution in [2.24, 2.45) is 0 Å². The van der Waals surface area contributed by atoms with E-state index >= 15 is 0 Å². The topological polar surface area (TPSA) is 90.7 Å². The monoisotopic (exact) mass is 318 g/mol. The molecule has 1 N–H and O–H groups in total. The van der Waals surface area contributed by atoms with Crippen LogP contribution in [0.15, 0.2) is 12.4 Å². The van der Waals surface area contributed by atoms with E-state index in [0.717, 1.165) is 11.3 Å². The normalized spacial score (nSPS) is 21.1. The molecule has 3 heterocycles. The summed E-state index contributed by atoms with van der Waals surface area (Å²) in [5, 5.41) is 20.6. The summed E-state index contributed by atoms with van der Waals surface area (Å²) in [6, 6.07) is 2.20. The zero-order chi connectivity index (χ0) is 15.7. The van der Waals surface area contributed by atoms with Crippen LogP contribution in [-0.2, 0) is 4.74 Å². The van der Waals surface area contributed by atoms with Crippen molar-refractivity contribution in [1.82, 2.24) is 20.4 Å². The molecule has 8 heteroatoms. The highest BCUT2D eigenvalue weighted by Crippen LogP contribution is 2.34. The van der Waals surface area contributed by atoms with Gasteiger partial charge in [-0.2, -0.15) is 20.7 Å². The van der Waals surface area contributed by atoms with Gasteiger partial charge in [0.25, 0.3) is 0 Å². The third-order valence-corrected chi connectivity index (χ3v) is 4.43. The Bertz CT molecular complexity index is 711. The molecule has 0 aliphatic carbocycles. The van der Waals surface area contributed by atoms with Gasteiger partial charge in [-0.25, -0.2) is 4.98 Å². The molecule has 1 fully saturated rings. The molecule has 7 nitrogen and oxygen atoms in total. The van der Waals surface area contributed by atoms with E-state index in [0.29, 0.717) is 29.5 Å². The van der Waals surface area contributed by atoms with Gasteiger partial charge < -0.3 is 9.64 Å². The van der Waals surface area contributed by atoms with Crippen molar-refractivity contribution in [2.75, 3.05) is 25.1 Å². The molecule has 0 radical (unpaired) electrons. The summed E-state index contributed by atoms with van der Waals surface area (Å²) in [5.41, 5.74) is 2.09. The molecule has 1 aliphatic rings. The van der Waals surface area contributed by atoms with Crippen LogP contribution in [0, 0.1) is 18.3 Å². The predicted octanol–water partition coefficient (Wildman–Crippen LogP) is 1.65. The number of halogens is 1. The summed E-state index contributed by atoms with van der Waals surface area (Å²) in [7, 11) is 1.67. The summed E-state index contributed by atoms with van der Waals surface area (Å²) in [6.45, 7) is 3.12. The summed E-state index contributed by atoms with van der Waals surface area (Å²) >= 11 is 6.06. The first-order valence-corrected chi connectivity index (χ1v) is 7.22. The van der Waals surface area contributed by atoms with Crippen LogP contribution in [0.25, 0.3) is 0 Å². The molecule has 2 aromatic rings. The van der Waals surface area contributed by atoms with Gasteiger partial charge in [0, 0.05) is 26.4 Å². The number of methoxy groups -OCH3 is 1. The van der Waals surface area contributed by atoms with Gasteiger partial charge in [0.15, 0.2) is 0 Å². The van der Waals surface area contributed by atoms with Crippen molar-refractivity contribution in [3.05, 3.63) is 34.2 Å². The van der Waals surface area contributed by atoms with Gasteiger partial charge in [0.1, 0.15) is 11.9 Å². The van der Waals surface area contributed by atoms with Crippen LogP contribution in [0.4, 0.5) is 5.82 Å². The fourth-order valence-electron chi connectivity index (χ4n) is 2.80. The van der Waals surface area contributed by atoms with Gasteiger partial charge in [-0.3, -0.25) is 0 Å². The molecule has 0 saturated carbocycles. The molecule has 114 valence electrons. The van der Waals surface area contributed by atoms with E-state index in [4.69, 9.17) is 16.3 Å². The quantitative estimate of drug-likeness (QED) is 0.925. The Hall–Kier alpha value is -2.17. The molecule has 1 saturated heterocycles. The maximum atomic E-state index is 9.42. The second kappa shape index (κ2) is 5.91. The first kappa shape index (κ1) is 14.8. The first-order valence-electron chi connectivity index (χ1n) is 6.84. The highest BCUT2D eigenvalue weighted by Gasteiger charge is 2.37. The molecule has 0 amide bonds. The number of aromatic nitrogens is 4. The van der Waals surface area contributed by atoms with Crippen LogP contribution in [0.2, 0.25) is 5.02 Å². The molecule has 22 heavy (non-hydrogen) atoms. The number of pyridine rings is 1. The van der Waals surface area contributed by atoms with Crippen LogP contribution < -0.4 is 4.90 Å². The molecule has 3 rings (SSSR count). The number of nitriles is 1. The number of H-pyrrole nitrogens is 1. The van der Waals surface area contributed by atoms with Crippen molar-refractivity contribution in [3.63, 3.8) is 0 Å². The number of hydrogen-bond acceptors (Lipinski definition) is 6. The van der Waals surface area contributed by atoms with Crippen LogP contribution in [0.5, 0.6) is 0 Å². The first-order chi connectivity index (χ1) is 10.7. The number of aromatic amines is 1. The maximum absolute atomic E-state index is 9.42. The largest absolute Gasteiger partial charge is 0.379 e. The summed E-state index contributed by atoms with van der Waals surface area (Å²) in [6.07, 6.45) is 3.25. The second-order valence-corrected chi connectivity index (χ2v) is 5.63. The number of nitrogens with one attached hydrogen (secondary N) is 1. The molecule has 1 aliphatic heterocycles. The van der Waals surface area contributed by atoms with Gasteiger partial charge in [-0.1, -0.05) is 11.6 Å². The highest BCUT2D eigenvalue weighted by molar-refractivity contribution is 6.31. The van der Waals surface area contributed by atoms with Crippen molar-refractivity contribution in [2.45, 2.75) is 18.9 Å². The molecule has 2 atom stereocenters. The number of hydrogen-bond donors (Lipinski definition) is 1. The van der Waals surface area contributed by atoms with Gasteiger partial charge >= 0.3 is 0 Å². The smallest absolute Gasteiger partial charge is 0.146 e. The Labute approximate surface area is 132 Å². The van der Waals surface area contributed by atoms with Crippen molar-refractivity contribution in [3.8, 4) is 6.07 Å². The van der Waals surface area contributed by atoms with Crippen LogP contribution in [0.1, 0.15) is 22.7 Å². The van der Waals surface area contributed by atoms with Gasteiger partial charge in [0.05, 0.1) is 34.5 Å². The lowest BCUT2D eigenvalue weighted by molar-refractivity contribution is 0.105. The number of anilines is 1. The zero-order valence-electron chi connectivity index (χ0n) is 12.2. The van der Waals surface area contributed by atoms with Crippen molar-refractivity contribution < 1.29 is 4.74 Å². The molecule has 0 bridgehead atoms. The van der Waals surface area contributed by atoms with E-state index in [2.05, 4.69) is 26.5 Å². The average molecular weight is 319 g/mol. The SMILES string of the molecule is CO[C@@H]1CN(c2ncc(Cl)c(C)c2C#N)C[C@H]1c1cn[nH]n1. The number of nitrogens with zero attached hydrogens (tertiary/aromatic N) is 5. The van der Waals surface area contributed by atoms with Gasteiger partial charge in [-0.05, 0) is 12.5 Å². The third-order valence-electron chi connectivity index (χ3n) is 4.05. The van der Waals surface area contributed by atoms with Crippen LogP contribution >= 0.6 is 11.6 Å². The minimum atomic E-state index is -0.0329. The Kier molecular flexibility index (Phi) is 3.96. The molecule has 0 aromatic carbocycles. The van der Waals surface area contributed by atoms with Crippen molar-refractivity contribution >= 4 is 17.4 Å². The minimum absolute atomic E-state index is 0.0329. The second-order valence-electron chi connectivity index (χ2n) is 5.22. The number of ether oxygens (including phenoxy) is 1. The maximum Gasteiger partial charge on any atom is 0.146 e. The van der Waals surface area contributed by atoms with E-state index in [1.807, 2.05) is 11.8 Å². The molecular weight excluding hydrogens is 304 g/mol.